The van der Waals surface area contributed by atoms with E-state index in [1.54, 1.807) is 0 Å². The highest BCUT2D eigenvalue weighted by Gasteiger charge is 2.30. The van der Waals surface area contributed by atoms with Crippen molar-refractivity contribution in [1.82, 2.24) is 4.90 Å². The zero-order valence-electron chi connectivity index (χ0n) is 11.4. The van der Waals surface area contributed by atoms with Crippen LogP contribution in [-0.4, -0.2) is 41.5 Å². The van der Waals surface area contributed by atoms with Crippen LogP contribution < -0.4 is 5.32 Å². The van der Waals surface area contributed by atoms with E-state index in [1.165, 1.54) is 31.0 Å². The Morgan fingerprint density at radius 3 is 2.52 bits per heavy atom. The number of amides is 1. The lowest BCUT2D eigenvalue weighted by Gasteiger charge is -2.22. The fraction of sp³-hybridized carbons (Fsp3) is 0.385. The van der Waals surface area contributed by atoms with Crippen LogP contribution in [0.3, 0.4) is 0 Å². The summed E-state index contributed by atoms with van der Waals surface area (Å²) in [5, 5.41) is 11.0. The molecule has 1 atom stereocenters. The number of hydrogen-bond acceptors (Lipinski definition) is 3. The smallest absolute Gasteiger partial charge is 0.416 e. The third-order valence-electron chi connectivity index (χ3n) is 2.88. The Kier molecular flexibility index (Phi) is 5.31. The van der Waals surface area contributed by atoms with Gasteiger partial charge in [-0.05, 0) is 32.2 Å². The van der Waals surface area contributed by atoms with Gasteiger partial charge in [-0.1, -0.05) is 6.07 Å². The van der Waals surface area contributed by atoms with E-state index in [2.05, 4.69) is 5.32 Å². The number of carboxylic acids is 1. The van der Waals surface area contributed by atoms with Crippen LogP contribution in [-0.2, 0) is 15.8 Å². The topological polar surface area (TPSA) is 69.6 Å². The molecule has 116 valence electrons. The second-order valence-electron chi connectivity index (χ2n) is 4.55. The highest BCUT2D eigenvalue weighted by molar-refractivity contribution is 5.94. The molecule has 0 aliphatic carbocycles. The van der Waals surface area contributed by atoms with Crippen molar-refractivity contribution in [3.05, 3.63) is 29.8 Å². The number of anilines is 1. The van der Waals surface area contributed by atoms with Crippen LogP contribution in [0.4, 0.5) is 18.9 Å². The first-order valence-corrected chi connectivity index (χ1v) is 6.01. The highest BCUT2D eigenvalue weighted by Crippen LogP contribution is 2.30. The number of carbonyl (C=O) groups excluding carboxylic acids is 1. The number of carboxylic acid groups (broad SMARTS) is 1. The summed E-state index contributed by atoms with van der Waals surface area (Å²) in [6.45, 7) is 1.11. The summed E-state index contributed by atoms with van der Waals surface area (Å²) in [6.07, 6.45) is -4.49. The Bertz CT molecular complexity index is 532. The number of nitrogens with one attached hydrogen (secondary N) is 1. The molecule has 21 heavy (non-hydrogen) atoms. The van der Waals surface area contributed by atoms with Gasteiger partial charge in [-0.25, -0.2) is 0 Å². The lowest BCUT2D eigenvalue weighted by molar-refractivity contribution is -0.139. The summed E-state index contributed by atoms with van der Waals surface area (Å²) in [5.41, 5.74) is -0.864. The molecule has 0 fully saturated rings. The molecule has 0 radical (unpaired) electrons. The van der Waals surface area contributed by atoms with Crippen LogP contribution in [0.15, 0.2) is 24.3 Å². The molecule has 1 rings (SSSR count). The van der Waals surface area contributed by atoms with Crippen molar-refractivity contribution in [2.24, 2.45) is 0 Å². The summed E-state index contributed by atoms with van der Waals surface area (Å²) < 4.78 is 37.6. The SMILES string of the molecule is CC(C(=O)Nc1cccc(C(F)(F)F)c1)N(C)CC(=O)O. The molecular formula is C13H15F3N2O3. The van der Waals surface area contributed by atoms with Crippen molar-refractivity contribution in [2.75, 3.05) is 18.9 Å². The third kappa shape index (κ3) is 5.07. The normalized spacial score (nSPS) is 13.0. The van der Waals surface area contributed by atoms with Gasteiger partial charge in [0, 0.05) is 5.69 Å². The molecule has 0 spiro atoms. The monoisotopic (exact) mass is 304 g/mol. The number of halogens is 3. The number of hydrogen-bond donors (Lipinski definition) is 2. The number of carbonyl (C=O) groups is 2. The predicted octanol–water partition coefficient (Wildman–Crippen LogP) is 2.05. The molecule has 1 aromatic carbocycles. The lowest BCUT2D eigenvalue weighted by atomic mass is 10.2. The molecule has 5 nitrogen and oxygen atoms in total. The summed E-state index contributed by atoms with van der Waals surface area (Å²) in [6, 6.07) is 3.44. The summed E-state index contributed by atoms with van der Waals surface area (Å²) in [7, 11) is 1.44. The first kappa shape index (κ1) is 17.0. The average molecular weight is 304 g/mol. The van der Waals surface area contributed by atoms with Gasteiger partial charge in [0.1, 0.15) is 0 Å². The molecule has 0 saturated heterocycles. The van der Waals surface area contributed by atoms with Crippen molar-refractivity contribution in [3.8, 4) is 0 Å². The summed E-state index contributed by atoms with van der Waals surface area (Å²) in [5.74, 6) is -1.69. The maximum Gasteiger partial charge on any atom is 0.416 e. The third-order valence-corrected chi connectivity index (χ3v) is 2.88. The Hall–Kier alpha value is -2.09. The maximum atomic E-state index is 12.5. The van der Waals surface area contributed by atoms with Gasteiger partial charge in [0.2, 0.25) is 5.91 Å². The first-order valence-electron chi connectivity index (χ1n) is 6.01. The highest BCUT2D eigenvalue weighted by atomic mass is 19.4. The van der Waals surface area contributed by atoms with Gasteiger partial charge in [0.05, 0.1) is 18.2 Å². The van der Waals surface area contributed by atoms with Crippen molar-refractivity contribution < 1.29 is 27.9 Å². The van der Waals surface area contributed by atoms with Crippen LogP contribution in [0.1, 0.15) is 12.5 Å². The Balaban J connectivity index is 2.77. The molecule has 8 heteroatoms. The van der Waals surface area contributed by atoms with Gasteiger partial charge in [0.15, 0.2) is 0 Å². The molecule has 0 bridgehead atoms. The standard InChI is InChI=1S/C13H15F3N2O3/c1-8(18(2)7-11(19)20)12(21)17-10-5-3-4-9(6-10)13(14,15)16/h3-6,8H,7H2,1-2H3,(H,17,21)(H,19,20). The van der Waals surface area contributed by atoms with Gasteiger partial charge in [-0.15, -0.1) is 0 Å². The van der Waals surface area contributed by atoms with E-state index in [0.29, 0.717) is 0 Å². The van der Waals surface area contributed by atoms with E-state index in [9.17, 15) is 22.8 Å². The van der Waals surface area contributed by atoms with Crippen LogP contribution in [0.25, 0.3) is 0 Å². The Morgan fingerprint density at radius 2 is 2.00 bits per heavy atom. The van der Waals surface area contributed by atoms with Crippen LogP contribution in [0.2, 0.25) is 0 Å². The number of alkyl halides is 3. The van der Waals surface area contributed by atoms with E-state index >= 15 is 0 Å². The number of nitrogens with zero attached hydrogens (tertiary/aromatic N) is 1. The zero-order chi connectivity index (χ0) is 16.2. The lowest BCUT2D eigenvalue weighted by Crippen LogP contribution is -2.42. The van der Waals surface area contributed by atoms with E-state index in [4.69, 9.17) is 5.11 Å². The van der Waals surface area contributed by atoms with Gasteiger partial charge in [0.25, 0.3) is 0 Å². The molecule has 0 heterocycles. The fourth-order valence-corrected chi connectivity index (χ4v) is 1.57. The van der Waals surface area contributed by atoms with Gasteiger partial charge in [-0.2, -0.15) is 13.2 Å². The van der Waals surface area contributed by atoms with Crippen LogP contribution in [0.5, 0.6) is 0 Å². The minimum atomic E-state index is -4.49. The number of rotatable bonds is 5. The number of aliphatic carboxylic acids is 1. The molecule has 0 aliphatic rings. The van der Waals surface area contributed by atoms with Gasteiger partial charge >= 0.3 is 12.1 Å². The fourth-order valence-electron chi connectivity index (χ4n) is 1.57. The largest absolute Gasteiger partial charge is 0.480 e. The second kappa shape index (κ2) is 6.57. The van der Waals surface area contributed by atoms with E-state index in [-0.39, 0.29) is 12.2 Å². The molecule has 0 saturated carbocycles. The first-order chi connectivity index (χ1) is 9.61. The minimum Gasteiger partial charge on any atom is -0.480 e. The van der Waals surface area contributed by atoms with Crippen molar-refractivity contribution >= 4 is 17.6 Å². The molecular weight excluding hydrogens is 289 g/mol. The maximum absolute atomic E-state index is 12.5. The van der Waals surface area contributed by atoms with Crippen LogP contribution in [0, 0.1) is 0 Å². The van der Waals surface area contributed by atoms with Crippen molar-refractivity contribution in [1.29, 1.82) is 0 Å². The Labute approximate surface area is 119 Å². The molecule has 0 aliphatic heterocycles. The van der Waals surface area contributed by atoms with Crippen molar-refractivity contribution in [3.63, 3.8) is 0 Å². The average Bonchev–Trinajstić information content (AvgIpc) is 2.36. The molecule has 1 amide bonds. The second-order valence-corrected chi connectivity index (χ2v) is 4.55. The van der Waals surface area contributed by atoms with E-state index < -0.39 is 29.7 Å². The van der Waals surface area contributed by atoms with Crippen LogP contribution >= 0.6 is 0 Å². The van der Waals surface area contributed by atoms with E-state index in [1.807, 2.05) is 0 Å². The number of likely N-dealkylation sites (N-methyl/N-ethyl adjacent to an activating group) is 1. The minimum absolute atomic E-state index is 0.00500. The van der Waals surface area contributed by atoms with E-state index in [0.717, 1.165) is 12.1 Å². The molecule has 1 aromatic rings. The predicted molar refractivity (Wildman–Crippen MR) is 69.8 cm³/mol. The molecule has 2 N–H and O–H groups in total. The van der Waals surface area contributed by atoms with Crippen molar-refractivity contribution in [2.45, 2.75) is 19.1 Å². The summed E-state index contributed by atoms with van der Waals surface area (Å²) in [4.78, 5) is 23.7. The zero-order valence-corrected chi connectivity index (χ0v) is 11.4. The van der Waals surface area contributed by atoms with Gasteiger partial charge in [-0.3, -0.25) is 14.5 Å². The quantitative estimate of drug-likeness (QED) is 0.873. The Morgan fingerprint density at radius 1 is 1.38 bits per heavy atom. The number of benzene rings is 1. The molecule has 1 unspecified atom stereocenters. The molecule has 0 aromatic heterocycles. The van der Waals surface area contributed by atoms with Gasteiger partial charge < -0.3 is 10.4 Å². The summed E-state index contributed by atoms with van der Waals surface area (Å²) >= 11 is 0.